The van der Waals surface area contributed by atoms with Gasteiger partial charge in [0, 0.05) is 30.1 Å². The minimum Gasteiger partial charge on any atom is -0.482 e. The van der Waals surface area contributed by atoms with Crippen LogP contribution in [0.4, 0.5) is 0 Å². The monoisotopic (exact) mass is 451 g/mol. The molecule has 0 spiro atoms. The summed E-state index contributed by atoms with van der Waals surface area (Å²) < 4.78 is 39.0. The number of fused-ring (bicyclic) bond motifs is 1. The highest BCUT2D eigenvalue weighted by molar-refractivity contribution is 7.91. The van der Waals surface area contributed by atoms with Crippen molar-refractivity contribution in [2.75, 3.05) is 31.3 Å². The fraction of sp³-hybridized carbons (Fsp3) is 0.476. The van der Waals surface area contributed by atoms with E-state index in [2.05, 4.69) is 0 Å². The molecule has 31 heavy (non-hydrogen) atoms. The number of esters is 1. The van der Waals surface area contributed by atoms with Gasteiger partial charge in [-0.15, -0.1) is 0 Å². The molecule has 1 atom stereocenters. The number of rotatable bonds is 8. The van der Waals surface area contributed by atoms with Crippen molar-refractivity contribution in [3.05, 3.63) is 40.8 Å². The molecule has 2 heterocycles. The molecule has 3 rings (SSSR count). The molecule has 1 saturated heterocycles. The predicted molar refractivity (Wildman–Crippen MR) is 113 cm³/mol. The van der Waals surface area contributed by atoms with Crippen LogP contribution in [0.2, 0.25) is 0 Å². The van der Waals surface area contributed by atoms with Crippen molar-refractivity contribution in [1.82, 2.24) is 4.90 Å². The Labute approximate surface area is 179 Å². The van der Waals surface area contributed by atoms with E-state index in [0.717, 1.165) is 0 Å². The molecule has 1 aromatic heterocycles. The lowest BCUT2D eigenvalue weighted by molar-refractivity contribution is -0.154. The third-order valence-corrected chi connectivity index (χ3v) is 6.59. The molecule has 1 aliphatic rings. The van der Waals surface area contributed by atoms with E-state index in [4.69, 9.17) is 13.9 Å². The fourth-order valence-electron chi connectivity index (χ4n) is 3.41. The van der Waals surface area contributed by atoms with Gasteiger partial charge in [-0.1, -0.05) is 13.8 Å². The number of amides is 1. The zero-order chi connectivity index (χ0) is 22.6. The van der Waals surface area contributed by atoms with Crippen molar-refractivity contribution < 1.29 is 31.9 Å². The number of ether oxygens (including phenoxy) is 2. The minimum atomic E-state index is -3.15. The lowest BCUT2D eigenvalue weighted by Crippen LogP contribution is -2.45. The van der Waals surface area contributed by atoms with Gasteiger partial charge in [-0.2, -0.15) is 0 Å². The van der Waals surface area contributed by atoms with E-state index in [1.54, 1.807) is 18.2 Å². The van der Waals surface area contributed by atoms with E-state index in [1.165, 1.54) is 17.0 Å². The summed E-state index contributed by atoms with van der Waals surface area (Å²) in [6, 6.07) is 7.31. The van der Waals surface area contributed by atoms with Crippen LogP contribution in [0.1, 0.15) is 20.3 Å². The Morgan fingerprint density at radius 2 is 1.94 bits per heavy atom. The molecule has 0 radical (unpaired) electrons. The number of benzene rings is 1. The van der Waals surface area contributed by atoms with Crippen LogP contribution < -0.4 is 10.4 Å². The molecule has 10 heteroatoms. The van der Waals surface area contributed by atoms with Gasteiger partial charge in [-0.25, -0.2) is 18.0 Å². The first kappa shape index (κ1) is 22.8. The SMILES string of the molecule is CC(C)CN(C(=O)COC(=O)COc1ccc2ccc(=O)oc2c1)C1CCS(=O)(=O)C1. The van der Waals surface area contributed by atoms with Gasteiger partial charge in [0.15, 0.2) is 23.1 Å². The van der Waals surface area contributed by atoms with Crippen molar-refractivity contribution in [3.8, 4) is 5.75 Å². The van der Waals surface area contributed by atoms with Crippen molar-refractivity contribution >= 4 is 32.7 Å². The molecule has 0 aliphatic carbocycles. The molecule has 9 nitrogen and oxygen atoms in total. The molecule has 0 N–H and O–H groups in total. The first-order valence-electron chi connectivity index (χ1n) is 9.95. The van der Waals surface area contributed by atoms with Crippen LogP contribution in [0.25, 0.3) is 11.0 Å². The topological polar surface area (TPSA) is 120 Å². The van der Waals surface area contributed by atoms with Crippen molar-refractivity contribution in [2.24, 2.45) is 5.92 Å². The Kier molecular flexibility index (Phi) is 6.99. The van der Waals surface area contributed by atoms with Crippen LogP contribution in [-0.2, 0) is 24.2 Å². The van der Waals surface area contributed by atoms with Crippen molar-refractivity contribution in [2.45, 2.75) is 26.3 Å². The molecule has 1 aliphatic heterocycles. The number of hydrogen-bond acceptors (Lipinski definition) is 8. The Bertz CT molecular complexity index is 1120. The van der Waals surface area contributed by atoms with Crippen LogP contribution in [-0.4, -0.2) is 62.5 Å². The van der Waals surface area contributed by atoms with Crippen LogP contribution in [0, 0.1) is 5.92 Å². The van der Waals surface area contributed by atoms with E-state index >= 15 is 0 Å². The number of carbonyl (C=O) groups is 2. The Balaban J connectivity index is 1.54. The maximum atomic E-state index is 12.6. The lowest BCUT2D eigenvalue weighted by atomic mass is 10.1. The minimum absolute atomic E-state index is 0.0546. The van der Waals surface area contributed by atoms with E-state index in [-0.39, 0.29) is 17.4 Å². The second-order valence-corrected chi connectivity index (χ2v) is 10.1. The first-order valence-corrected chi connectivity index (χ1v) is 11.8. The zero-order valence-electron chi connectivity index (χ0n) is 17.4. The maximum Gasteiger partial charge on any atom is 0.344 e. The largest absolute Gasteiger partial charge is 0.482 e. The molecular weight excluding hydrogens is 426 g/mol. The standard InChI is InChI=1S/C21H25NO8S/c1-14(2)10-22(16-7-8-31(26,27)13-16)19(23)11-29-21(25)12-28-17-5-3-15-4-6-20(24)30-18(15)9-17/h3-6,9,14,16H,7-8,10-13H2,1-2H3. The molecule has 1 fully saturated rings. The smallest absolute Gasteiger partial charge is 0.344 e. The summed E-state index contributed by atoms with van der Waals surface area (Å²) in [6.45, 7) is 3.32. The average Bonchev–Trinajstić information content (AvgIpc) is 3.07. The van der Waals surface area contributed by atoms with Gasteiger partial charge in [0.2, 0.25) is 0 Å². The molecule has 1 aromatic carbocycles. The van der Waals surface area contributed by atoms with E-state index in [0.29, 0.717) is 29.7 Å². The van der Waals surface area contributed by atoms with Crippen LogP contribution in [0.3, 0.4) is 0 Å². The molecule has 0 saturated carbocycles. The molecule has 1 unspecified atom stereocenters. The zero-order valence-corrected chi connectivity index (χ0v) is 18.2. The quantitative estimate of drug-likeness (QED) is 0.436. The second kappa shape index (κ2) is 9.51. The third-order valence-electron chi connectivity index (χ3n) is 4.84. The second-order valence-electron chi connectivity index (χ2n) is 7.90. The molecule has 168 valence electrons. The summed E-state index contributed by atoms with van der Waals surface area (Å²) >= 11 is 0. The Morgan fingerprint density at radius 1 is 1.19 bits per heavy atom. The highest BCUT2D eigenvalue weighted by Gasteiger charge is 2.35. The summed E-state index contributed by atoms with van der Waals surface area (Å²) in [5.74, 6) is -0.746. The van der Waals surface area contributed by atoms with Gasteiger partial charge in [-0.3, -0.25) is 4.79 Å². The van der Waals surface area contributed by atoms with E-state index in [9.17, 15) is 22.8 Å². The highest BCUT2D eigenvalue weighted by Crippen LogP contribution is 2.20. The van der Waals surface area contributed by atoms with E-state index < -0.39 is 46.6 Å². The van der Waals surface area contributed by atoms with Gasteiger partial charge >= 0.3 is 11.6 Å². The summed E-state index contributed by atoms with van der Waals surface area (Å²) in [4.78, 5) is 37.4. The fourth-order valence-corrected chi connectivity index (χ4v) is 5.14. The summed E-state index contributed by atoms with van der Waals surface area (Å²) in [7, 11) is -3.15. The number of nitrogens with zero attached hydrogens (tertiary/aromatic N) is 1. The predicted octanol–water partition coefficient (Wildman–Crippen LogP) is 1.39. The molecule has 0 bridgehead atoms. The average molecular weight is 451 g/mol. The normalized spacial score (nSPS) is 17.6. The summed E-state index contributed by atoms with van der Waals surface area (Å²) in [5.41, 5.74) is -0.173. The molecule has 2 aromatic rings. The van der Waals surface area contributed by atoms with Crippen molar-refractivity contribution in [1.29, 1.82) is 0 Å². The Morgan fingerprint density at radius 3 is 2.61 bits per heavy atom. The van der Waals surface area contributed by atoms with Crippen LogP contribution in [0.5, 0.6) is 5.75 Å². The lowest BCUT2D eigenvalue weighted by Gasteiger charge is -2.29. The van der Waals surface area contributed by atoms with Gasteiger partial charge in [0.1, 0.15) is 11.3 Å². The number of hydrogen-bond donors (Lipinski definition) is 0. The van der Waals surface area contributed by atoms with Gasteiger partial charge in [0.05, 0.1) is 11.5 Å². The molecule has 1 amide bonds. The van der Waals surface area contributed by atoms with Crippen LogP contribution >= 0.6 is 0 Å². The molecular formula is C21H25NO8S. The Hall–Kier alpha value is -2.88. The highest BCUT2D eigenvalue weighted by atomic mass is 32.2. The number of carbonyl (C=O) groups excluding carboxylic acids is 2. The van der Waals surface area contributed by atoms with Gasteiger partial charge in [0.25, 0.3) is 5.91 Å². The van der Waals surface area contributed by atoms with Gasteiger partial charge in [-0.05, 0) is 30.5 Å². The van der Waals surface area contributed by atoms with Crippen LogP contribution in [0.15, 0.2) is 39.5 Å². The summed E-state index contributed by atoms with van der Waals surface area (Å²) in [5, 5.41) is 0.708. The van der Waals surface area contributed by atoms with Gasteiger partial charge < -0.3 is 18.8 Å². The first-order chi connectivity index (χ1) is 14.6. The number of sulfone groups is 1. The maximum absolute atomic E-state index is 12.6. The van der Waals surface area contributed by atoms with E-state index in [1.807, 2.05) is 13.8 Å². The summed E-state index contributed by atoms with van der Waals surface area (Å²) in [6.07, 6.45) is 0.385. The third kappa shape index (κ3) is 6.30. The van der Waals surface area contributed by atoms with Crippen molar-refractivity contribution in [3.63, 3.8) is 0 Å².